The molecule has 1 aromatic carbocycles. The highest BCUT2D eigenvalue weighted by Crippen LogP contribution is 2.50. The van der Waals surface area contributed by atoms with Crippen LogP contribution in [-0.4, -0.2) is 32.6 Å². The fourth-order valence-electron chi connectivity index (χ4n) is 4.18. The molecule has 1 amide bonds. The van der Waals surface area contributed by atoms with E-state index in [0.29, 0.717) is 5.92 Å². The van der Waals surface area contributed by atoms with Crippen molar-refractivity contribution in [1.29, 1.82) is 0 Å². The predicted molar refractivity (Wildman–Crippen MR) is 104 cm³/mol. The predicted octanol–water partition coefficient (Wildman–Crippen LogP) is 5.30. The standard InChI is InChI=1S/C20H24BrN3O2/c1-20(2,3)26-19(25)24-15-9-6-13(10-15)17(24)18-22-11-16(23-18)12-4-7-14(21)8-5-12/h4-5,7-8,11,13,15,17H,6,9-10H2,1-3H3,(H,22,23)/t13?,15-,17+/m1/s1. The molecule has 1 saturated heterocycles. The maximum Gasteiger partial charge on any atom is 0.411 e. The van der Waals surface area contributed by atoms with E-state index in [1.807, 2.05) is 56.1 Å². The van der Waals surface area contributed by atoms with E-state index >= 15 is 0 Å². The molecule has 0 radical (unpaired) electrons. The number of nitrogens with one attached hydrogen (secondary N) is 1. The Morgan fingerprint density at radius 1 is 1.27 bits per heavy atom. The molecule has 4 rings (SSSR count). The fourth-order valence-corrected chi connectivity index (χ4v) is 4.44. The highest BCUT2D eigenvalue weighted by atomic mass is 79.9. The van der Waals surface area contributed by atoms with Crippen LogP contribution in [0.3, 0.4) is 0 Å². The Kier molecular flexibility index (Phi) is 4.34. The molecule has 3 atom stereocenters. The number of H-pyrrole nitrogens is 1. The van der Waals surface area contributed by atoms with Crippen LogP contribution in [0.15, 0.2) is 34.9 Å². The van der Waals surface area contributed by atoms with Crippen LogP contribution < -0.4 is 0 Å². The summed E-state index contributed by atoms with van der Waals surface area (Å²) in [6.07, 6.45) is 4.87. The van der Waals surface area contributed by atoms with Crippen LogP contribution in [0.4, 0.5) is 4.79 Å². The fraction of sp³-hybridized carbons (Fsp3) is 0.500. The molecular weight excluding hydrogens is 394 g/mol. The van der Waals surface area contributed by atoms with Crippen LogP contribution in [0.1, 0.15) is 51.9 Å². The van der Waals surface area contributed by atoms with E-state index in [4.69, 9.17) is 4.74 Å². The average molecular weight is 418 g/mol. The van der Waals surface area contributed by atoms with Crippen molar-refractivity contribution in [2.45, 2.75) is 57.7 Å². The van der Waals surface area contributed by atoms with Crippen LogP contribution in [0.2, 0.25) is 0 Å². The van der Waals surface area contributed by atoms with Gasteiger partial charge >= 0.3 is 6.09 Å². The molecule has 0 spiro atoms. The van der Waals surface area contributed by atoms with E-state index in [9.17, 15) is 4.79 Å². The van der Waals surface area contributed by atoms with Gasteiger partial charge in [-0.05, 0) is 63.6 Å². The molecule has 2 bridgehead atoms. The number of piperidine rings is 1. The number of fused-ring (bicyclic) bond motifs is 2. The Labute approximate surface area is 162 Å². The molecule has 138 valence electrons. The number of likely N-dealkylation sites (tertiary alicyclic amines) is 1. The van der Waals surface area contributed by atoms with Crippen molar-refractivity contribution in [1.82, 2.24) is 14.9 Å². The number of imidazole rings is 1. The number of nitrogens with zero attached hydrogens (tertiary/aromatic N) is 2. The van der Waals surface area contributed by atoms with E-state index < -0.39 is 5.60 Å². The monoisotopic (exact) mass is 417 g/mol. The van der Waals surface area contributed by atoms with Gasteiger partial charge in [0.15, 0.2) is 0 Å². The molecule has 26 heavy (non-hydrogen) atoms. The summed E-state index contributed by atoms with van der Waals surface area (Å²) < 4.78 is 6.72. The first kappa shape index (κ1) is 17.6. The van der Waals surface area contributed by atoms with Gasteiger partial charge in [-0.15, -0.1) is 0 Å². The van der Waals surface area contributed by atoms with Crippen molar-refractivity contribution in [3.8, 4) is 11.3 Å². The SMILES string of the molecule is CC(C)(C)OC(=O)N1[C@@H]2CCC(C2)[C@H]1c1ncc(-c2ccc(Br)cc2)[nH]1. The summed E-state index contributed by atoms with van der Waals surface area (Å²) in [5.41, 5.74) is 1.56. The van der Waals surface area contributed by atoms with Crippen molar-refractivity contribution < 1.29 is 9.53 Å². The number of halogens is 1. The molecule has 1 unspecified atom stereocenters. The van der Waals surface area contributed by atoms with Crippen molar-refractivity contribution in [2.75, 3.05) is 0 Å². The van der Waals surface area contributed by atoms with E-state index in [2.05, 4.69) is 25.9 Å². The second-order valence-corrected chi connectivity index (χ2v) is 9.16. The van der Waals surface area contributed by atoms with Crippen molar-refractivity contribution in [3.63, 3.8) is 0 Å². The molecule has 2 aromatic rings. The number of aromatic amines is 1. The Balaban J connectivity index is 1.61. The van der Waals surface area contributed by atoms with Gasteiger partial charge in [0.05, 0.1) is 17.9 Å². The van der Waals surface area contributed by atoms with E-state index in [0.717, 1.165) is 40.8 Å². The van der Waals surface area contributed by atoms with Crippen LogP contribution >= 0.6 is 15.9 Å². The second kappa shape index (κ2) is 6.41. The van der Waals surface area contributed by atoms with Gasteiger partial charge < -0.3 is 9.72 Å². The number of ether oxygens (including phenoxy) is 1. The van der Waals surface area contributed by atoms with Crippen LogP contribution in [0, 0.1) is 5.92 Å². The number of hydrogen-bond donors (Lipinski definition) is 1. The Hall–Kier alpha value is -1.82. The molecule has 5 nitrogen and oxygen atoms in total. The summed E-state index contributed by atoms with van der Waals surface area (Å²) in [7, 11) is 0. The summed E-state index contributed by atoms with van der Waals surface area (Å²) in [6, 6.07) is 8.37. The van der Waals surface area contributed by atoms with Gasteiger partial charge in [-0.25, -0.2) is 9.78 Å². The van der Waals surface area contributed by atoms with Crippen molar-refractivity contribution >= 4 is 22.0 Å². The molecule has 2 heterocycles. The summed E-state index contributed by atoms with van der Waals surface area (Å²) in [5, 5.41) is 0. The zero-order valence-corrected chi connectivity index (χ0v) is 16.9. The zero-order chi connectivity index (χ0) is 18.5. The maximum absolute atomic E-state index is 12.8. The minimum absolute atomic E-state index is 0.0206. The minimum atomic E-state index is -0.491. The summed E-state index contributed by atoms with van der Waals surface area (Å²) in [6.45, 7) is 5.73. The minimum Gasteiger partial charge on any atom is -0.444 e. The third kappa shape index (κ3) is 3.27. The number of amides is 1. The van der Waals surface area contributed by atoms with Gasteiger partial charge in [0.25, 0.3) is 0 Å². The smallest absolute Gasteiger partial charge is 0.411 e. The number of carbonyl (C=O) groups is 1. The molecule has 2 aliphatic rings. The first-order valence-corrected chi connectivity index (χ1v) is 9.93. The lowest BCUT2D eigenvalue weighted by atomic mass is 9.98. The summed E-state index contributed by atoms with van der Waals surface area (Å²) >= 11 is 3.46. The van der Waals surface area contributed by atoms with Gasteiger partial charge in [-0.3, -0.25) is 4.90 Å². The molecule has 1 aromatic heterocycles. The highest BCUT2D eigenvalue weighted by Gasteiger charge is 2.51. The van der Waals surface area contributed by atoms with Crippen LogP contribution in [-0.2, 0) is 4.74 Å². The van der Waals surface area contributed by atoms with E-state index in [1.165, 1.54) is 0 Å². The Morgan fingerprint density at radius 2 is 2.00 bits per heavy atom. The Morgan fingerprint density at radius 3 is 2.69 bits per heavy atom. The number of rotatable bonds is 2. The molecule has 1 aliphatic carbocycles. The molecule has 6 heteroatoms. The lowest BCUT2D eigenvalue weighted by molar-refractivity contribution is 0.00620. The molecule has 1 aliphatic heterocycles. The number of carbonyl (C=O) groups excluding carboxylic acids is 1. The summed E-state index contributed by atoms with van der Waals surface area (Å²) in [4.78, 5) is 22.8. The van der Waals surface area contributed by atoms with Crippen LogP contribution in [0.5, 0.6) is 0 Å². The molecule has 1 N–H and O–H groups in total. The first-order valence-electron chi connectivity index (χ1n) is 9.14. The van der Waals surface area contributed by atoms with Crippen LogP contribution in [0.25, 0.3) is 11.3 Å². The van der Waals surface area contributed by atoms with E-state index in [-0.39, 0.29) is 18.2 Å². The number of aromatic nitrogens is 2. The zero-order valence-electron chi connectivity index (χ0n) is 15.3. The number of hydrogen-bond acceptors (Lipinski definition) is 3. The lowest BCUT2D eigenvalue weighted by Crippen LogP contribution is -2.43. The normalized spacial score (nSPS) is 24.9. The lowest BCUT2D eigenvalue weighted by Gasteiger charge is -2.35. The topological polar surface area (TPSA) is 58.2 Å². The number of benzene rings is 1. The highest BCUT2D eigenvalue weighted by molar-refractivity contribution is 9.10. The molecular formula is C20H24BrN3O2. The second-order valence-electron chi connectivity index (χ2n) is 8.25. The van der Waals surface area contributed by atoms with Gasteiger partial charge in [0, 0.05) is 10.5 Å². The van der Waals surface area contributed by atoms with Crippen molar-refractivity contribution in [2.24, 2.45) is 5.92 Å². The Bertz CT molecular complexity index is 809. The van der Waals surface area contributed by atoms with E-state index in [1.54, 1.807) is 0 Å². The first-order chi connectivity index (χ1) is 12.3. The quantitative estimate of drug-likeness (QED) is 0.720. The largest absolute Gasteiger partial charge is 0.444 e. The van der Waals surface area contributed by atoms with Gasteiger partial charge in [0.2, 0.25) is 0 Å². The third-order valence-corrected chi connectivity index (χ3v) is 5.75. The third-order valence-electron chi connectivity index (χ3n) is 5.22. The maximum atomic E-state index is 12.8. The molecule has 2 fully saturated rings. The van der Waals surface area contributed by atoms with Gasteiger partial charge in [0.1, 0.15) is 11.4 Å². The van der Waals surface area contributed by atoms with Crippen molar-refractivity contribution in [3.05, 3.63) is 40.8 Å². The molecule has 1 saturated carbocycles. The summed E-state index contributed by atoms with van der Waals surface area (Å²) in [5.74, 6) is 1.32. The van der Waals surface area contributed by atoms with Gasteiger partial charge in [-0.1, -0.05) is 28.1 Å². The van der Waals surface area contributed by atoms with Gasteiger partial charge in [-0.2, -0.15) is 0 Å². The average Bonchev–Trinajstić information content (AvgIpc) is 3.28.